The van der Waals surface area contributed by atoms with Gasteiger partial charge in [0, 0.05) is 18.7 Å². The second-order valence-corrected chi connectivity index (χ2v) is 7.12. The summed E-state index contributed by atoms with van der Waals surface area (Å²) in [5.41, 5.74) is 0.0711. The van der Waals surface area contributed by atoms with Gasteiger partial charge in [-0.25, -0.2) is 18.2 Å². The fourth-order valence-corrected chi connectivity index (χ4v) is 2.93. The van der Waals surface area contributed by atoms with Crippen molar-refractivity contribution in [3.05, 3.63) is 57.6 Å². The topological polar surface area (TPSA) is 61.0 Å². The lowest BCUT2D eigenvalue weighted by atomic mass is 10.1. The van der Waals surface area contributed by atoms with Crippen LogP contribution in [0.25, 0.3) is 11.0 Å². The van der Waals surface area contributed by atoms with Crippen LogP contribution in [0.2, 0.25) is 0 Å². The molecule has 1 aromatic heterocycles. The fourth-order valence-electron chi connectivity index (χ4n) is 2.55. The lowest BCUT2D eigenvalue weighted by Gasteiger charge is -2.07. The molecule has 27 heavy (non-hydrogen) atoms. The van der Waals surface area contributed by atoms with Crippen molar-refractivity contribution < 1.29 is 18.0 Å². The molecule has 3 aromatic rings. The van der Waals surface area contributed by atoms with E-state index in [0.717, 1.165) is 6.07 Å². The van der Waals surface area contributed by atoms with Crippen LogP contribution in [0, 0.1) is 17.5 Å². The third kappa shape index (κ3) is 4.14. The molecule has 1 amide bonds. The van der Waals surface area contributed by atoms with Gasteiger partial charge in [-0.15, -0.1) is 0 Å². The molecule has 5 nitrogen and oxygen atoms in total. The van der Waals surface area contributed by atoms with Crippen LogP contribution in [0.15, 0.2) is 28.7 Å². The van der Waals surface area contributed by atoms with E-state index in [2.05, 4.69) is 31.2 Å². The SMILES string of the molecule is CN(C)CCc1nc2c(C(=O)Nc3ccc(F)c(Br)c3)cc(F)c(F)c2[nH]1. The van der Waals surface area contributed by atoms with E-state index in [9.17, 15) is 18.0 Å². The number of carbonyl (C=O) groups is 1. The number of hydrogen-bond acceptors (Lipinski definition) is 3. The molecule has 9 heteroatoms. The largest absolute Gasteiger partial charge is 0.339 e. The first kappa shape index (κ1) is 19.4. The molecule has 0 aliphatic carbocycles. The number of benzene rings is 2. The number of amides is 1. The van der Waals surface area contributed by atoms with E-state index in [0.29, 0.717) is 24.5 Å². The van der Waals surface area contributed by atoms with Crippen molar-refractivity contribution in [3.8, 4) is 0 Å². The summed E-state index contributed by atoms with van der Waals surface area (Å²) < 4.78 is 41.6. The number of nitrogens with one attached hydrogen (secondary N) is 2. The van der Waals surface area contributed by atoms with Gasteiger partial charge in [0.1, 0.15) is 22.7 Å². The van der Waals surface area contributed by atoms with E-state index in [-0.39, 0.29) is 21.1 Å². The van der Waals surface area contributed by atoms with Crippen LogP contribution in [0.5, 0.6) is 0 Å². The fraction of sp³-hybridized carbons (Fsp3) is 0.222. The third-order valence-corrected chi connectivity index (χ3v) is 4.53. The maximum absolute atomic E-state index is 14.1. The smallest absolute Gasteiger partial charge is 0.258 e. The molecule has 0 saturated carbocycles. The standard InChI is InChI=1S/C18H16BrF3N4O/c1-26(2)6-5-14-24-16-10(8-13(21)15(22)17(16)25-14)18(27)23-9-3-4-12(20)11(19)7-9/h3-4,7-8H,5-6H2,1-2H3,(H,23,27)(H,24,25). The Hall–Kier alpha value is -2.39. The highest BCUT2D eigenvalue weighted by Crippen LogP contribution is 2.25. The molecule has 0 spiro atoms. The highest BCUT2D eigenvalue weighted by molar-refractivity contribution is 9.10. The molecule has 0 fully saturated rings. The molecule has 142 valence electrons. The zero-order valence-electron chi connectivity index (χ0n) is 14.5. The summed E-state index contributed by atoms with van der Waals surface area (Å²) in [5, 5.41) is 2.54. The number of hydrogen-bond donors (Lipinski definition) is 2. The van der Waals surface area contributed by atoms with Gasteiger partial charge < -0.3 is 15.2 Å². The quantitative estimate of drug-likeness (QED) is 0.627. The van der Waals surface area contributed by atoms with Crippen LogP contribution < -0.4 is 5.32 Å². The summed E-state index contributed by atoms with van der Waals surface area (Å²) in [7, 11) is 3.76. The molecule has 0 aliphatic rings. The van der Waals surface area contributed by atoms with E-state index in [4.69, 9.17) is 0 Å². The van der Waals surface area contributed by atoms with Gasteiger partial charge in [-0.2, -0.15) is 0 Å². The number of halogens is 4. The number of H-pyrrole nitrogens is 1. The number of imidazole rings is 1. The monoisotopic (exact) mass is 440 g/mol. The summed E-state index contributed by atoms with van der Waals surface area (Å²) in [4.78, 5) is 21.5. The van der Waals surface area contributed by atoms with Crippen molar-refractivity contribution in [2.24, 2.45) is 0 Å². The molecular formula is C18H16BrF3N4O. The highest BCUT2D eigenvalue weighted by atomic mass is 79.9. The first-order chi connectivity index (χ1) is 12.8. The molecule has 0 saturated heterocycles. The van der Waals surface area contributed by atoms with Gasteiger partial charge in [0.05, 0.1) is 10.0 Å². The summed E-state index contributed by atoms with van der Waals surface area (Å²) in [6, 6.07) is 4.72. The third-order valence-electron chi connectivity index (χ3n) is 3.93. The van der Waals surface area contributed by atoms with E-state index in [1.807, 2.05) is 19.0 Å². The normalized spacial score (nSPS) is 11.4. The van der Waals surface area contributed by atoms with Crippen LogP contribution in [0.3, 0.4) is 0 Å². The first-order valence-electron chi connectivity index (χ1n) is 8.04. The van der Waals surface area contributed by atoms with Crippen LogP contribution in [-0.4, -0.2) is 41.4 Å². The molecule has 0 atom stereocenters. The summed E-state index contributed by atoms with van der Waals surface area (Å²) in [5.74, 6) is -2.96. The Kier molecular flexibility index (Phi) is 5.52. The molecule has 2 aromatic carbocycles. The maximum Gasteiger partial charge on any atom is 0.258 e. The van der Waals surface area contributed by atoms with Gasteiger partial charge in [-0.05, 0) is 54.3 Å². The Bertz CT molecular complexity index is 1020. The van der Waals surface area contributed by atoms with Crippen molar-refractivity contribution >= 4 is 38.6 Å². The number of aromatic nitrogens is 2. The van der Waals surface area contributed by atoms with Crippen LogP contribution in [-0.2, 0) is 6.42 Å². The van der Waals surface area contributed by atoms with Crippen LogP contribution in [0.1, 0.15) is 16.2 Å². The van der Waals surface area contributed by atoms with E-state index < -0.39 is 23.4 Å². The van der Waals surface area contributed by atoms with E-state index in [1.54, 1.807) is 0 Å². The zero-order chi connectivity index (χ0) is 19.7. The lowest BCUT2D eigenvalue weighted by Crippen LogP contribution is -2.15. The minimum absolute atomic E-state index is 0.0429. The molecule has 0 radical (unpaired) electrons. The van der Waals surface area contributed by atoms with Gasteiger partial charge in [0.25, 0.3) is 5.91 Å². The molecule has 1 heterocycles. The van der Waals surface area contributed by atoms with Crippen molar-refractivity contribution in [2.75, 3.05) is 26.0 Å². The molecule has 0 unspecified atom stereocenters. The molecular weight excluding hydrogens is 425 g/mol. The van der Waals surface area contributed by atoms with Gasteiger partial charge in [0.2, 0.25) is 0 Å². The summed E-state index contributed by atoms with van der Waals surface area (Å²) in [6.45, 7) is 0.648. The molecule has 0 aliphatic heterocycles. The Morgan fingerprint density at radius 1 is 1.22 bits per heavy atom. The number of nitrogens with zero attached hydrogens (tertiary/aromatic N) is 2. The molecule has 3 rings (SSSR count). The Morgan fingerprint density at radius 2 is 1.96 bits per heavy atom. The molecule has 2 N–H and O–H groups in total. The summed E-state index contributed by atoms with van der Waals surface area (Å²) in [6.07, 6.45) is 0.481. The molecule has 0 bridgehead atoms. The average Bonchev–Trinajstić information content (AvgIpc) is 3.04. The van der Waals surface area contributed by atoms with Gasteiger partial charge in [-0.3, -0.25) is 4.79 Å². The second-order valence-electron chi connectivity index (χ2n) is 6.26. The Balaban J connectivity index is 1.97. The minimum atomic E-state index is -1.16. The van der Waals surface area contributed by atoms with Gasteiger partial charge >= 0.3 is 0 Å². The predicted octanol–water partition coefficient (Wildman–Crippen LogP) is 4.10. The number of likely N-dealkylation sites (N-methyl/N-ethyl adjacent to an activating group) is 1. The van der Waals surface area contributed by atoms with Crippen LogP contribution in [0.4, 0.5) is 18.9 Å². The zero-order valence-corrected chi connectivity index (χ0v) is 16.1. The van der Waals surface area contributed by atoms with Crippen LogP contribution >= 0.6 is 15.9 Å². The second kappa shape index (κ2) is 7.69. The van der Waals surface area contributed by atoms with Gasteiger partial charge in [0.15, 0.2) is 11.6 Å². The van der Waals surface area contributed by atoms with Crippen molar-refractivity contribution in [2.45, 2.75) is 6.42 Å². The van der Waals surface area contributed by atoms with Crippen molar-refractivity contribution in [1.82, 2.24) is 14.9 Å². The van der Waals surface area contributed by atoms with E-state index in [1.165, 1.54) is 18.2 Å². The summed E-state index contributed by atoms with van der Waals surface area (Å²) >= 11 is 3.03. The number of carbonyl (C=O) groups excluding carboxylic acids is 1. The predicted molar refractivity (Wildman–Crippen MR) is 100 cm³/mol. The minimum Gasteiger partial charge on any atom is -0.339 e. The average molecular weight is 441 g/mol. The van der Waals surface area contributed by atoms with Gasteiger partial charge in [-0.1, -0.05) is 0 Å². The number of fused-ring (bicyclic) bond motifs is 1. The lowest BCUT2D eigenvalue weighted by molar-refractivity contribution is 0.102. The maximum atomic E-state index is 14.1. The van der Waals surface area contributed by atoms with E-state index >= 15 is 0 Å². The van der Waals surface area contributed by atoms with Crippen molar-refractivity contribution in [1.29, 1.82) is 0 Å². The number of anilines is 1. The first-order valence-corrected chi connectivity index (χ1v) is 8.83. The Morgan fingerprint density at radius 3 is 2.63 bits per heavy atom. The number of aromatic amines is 1. The number of rotatable bonds is 5. The Labute approximate surface area is 161 Å². The van der Waals surface area contributed by atoms with Crippen molar-refractivity contribution in [3.63, 3.8) is 0 Å². The highest BCUT2D eigenvalue weighted by Gasteiger charge is 2.21.